The molecule has 1 aliphatic heterocycles. The normalized spacial score (nSPS) is 16.5. The molecule has 3 amide bonds. The Morgan fingerprint density at radius 3 is 2.42 bits per heavy atom. The summed E-state index contributed by atoms with van der Waals surface area (Å²) in [6.07, 6.45) is 0.169. The first-order valence-electron chi connectivity index (χ1n) is 8.48. The van der Waals surface area contributed by atoms with Crippen molar-refractivity contribution in [3.8, 4) is 0 Å². The first-order chi connectivity index (χ1) is 12.4. The molecule has 0 aliphatic carbocycles. The number of anilines is 3. The quantitative estimate of drug-likeness (QED) is 0.889. The molecule has 2 aromatic rings. The predicted octanol–water partition coefficient (Wildman–Crippen LogP) is 2.95. The molecule has 2 aromatic carbocycles. The van der Waals surface area contributed by atoms with Gasteiger partial charge < -0.3 is 15.5 Å². The molecule has 134 valence electrons. The van der Waals surface area contributed by atoms with Gasteiger partial charge in [0.05, 0.1) is 5.92 Å². The fourth-order valence-electron chi connectivity index (χ4n) is 3.05. The lowest BCUT2D eigenvalue weighted by Gasteiger charge is -2.18. The number of benzene rings is 2. The number of amides is 3. The van der Waals surface area contributed by atoms with Crippen LogP contribution in [0.4, 0.5) is 17.1 Å². The third-order valence-electron chi connectivity index (χ3n) is 4.26. The maximum absolute atomic E-state index is 12.5. The molecule has 0 bridgehead atoms. The zero-order valence-corrected chi connectivity index (χ0v) is 14.8. The van der Waals surface area contributed by atoms with Crippen LogP contribution in [0.1, 0.15) is 18.9 Å². The van der Waals surface area contributed by atoms with Crippen molar-refractivity contribution in [1.82, 2.24) is 0 Å². The first kappa shape index (κ1) is 17.7. The third-order valence-corrected chi connectivity index (χ3v) is 4.26. The maximum atomic E-state index is 12.5. The van der Waals surface area contributed by atoms with Crippen LogP contribution >= 0.6 is 0 Å². The molecule has 1 fully saturated rings. The molecule has 6 heteroatoms. The van der Waals surface area contributed by atoms with Gasteiger partial charge in [-0.25, -0.2) is 0 Å². The average Bonchev–Trinajstić information content (AvgIpc) is 2.96. The highest BCUT2D eigenvalue weighted by Crippen LogP contribution is 2.28. The van der Waals surface area contributed by atoms with Gasteiger partial charge in [-0.3, -0.25) is 14.4 Å². The average molecular weight is 351 g/mol. The van der Waals surface area contributed by atoms with Crippen molar-refractivity contribution in [1.29, 1.82) is 0 Å². The standard InChI is InChI=1S/C20H21N3O3/c1-13-5-3-6-16(9-13)22-20(26)15-10-19(25)23(12-15)18-8-4-7-17(11-18)21-14(2)24/h3-9,11,15H,10,12H2,1-2H3,(H,21,24)(H,22,26)/t15-/m0/s1. The largest absolute Gasteiger partial charge is 0.326 e. The van der Waals surface area contributed by atoms with Gasteiger partial charge in [-0.05, 0) is 42.8 Å². The van der Waals surface area contributed by atoms with Crippen LogP contribution in [0.25, 0.3) is 0 Å². The maximum Gasteiger partial charge on any atom is 0.229 e. The van der Waals surface area contributed by atoms with Gasteiger partial charge in [0.15, 0.2) is 0 Å². The minimum atomic E-state index is -0.410. The fraction of sp³-hybridized carbons (Fsp3) is 0.250. The van der Waals surface area contributed by atoms with E-state index in [1.165, 1.54) is 6.92 Å². The van der Waals surface area contributed by atoms with Crippen LogP contribution in [0.5, 0.6) is 0 Å². The second-order valence-corrected chi connectivity index (χ2v) is 6.50. The highest BCUT2D eigenvalue weighted by molar-refractivity contribution is 6.04. The number of aryl methyl sites for hydroxylation is 1. The van der Waals surface area contributed by atoms with Crippen molar-refractivity contribution in [2.45, 2.75) is 20.3 Å². The molecule has 0 spiro atoms. The number of rotatable bonds is 4. The molecule has 3 rings (SSSR count). The number of nitrogens with zero attached hydrogens (tertiary/aromatic N) is 1. The number of hydrogen-bond donors (Lipinski definition) is 2. The van der Waals surface area contributed by atoms with Crippen molar-refractivity contribution < 1.29 is 14.4 Å². The summed E-state index contributed by atoms with van der Waals surface area (Å²) in [5, 5.41) is 5.58. The molecule has 1 heterocycles. The van der Waals surface area contributed by atoms with Gasteiger partial charge in [0.1, 0.15) is 0 Å². The molecule has 0 aromatic heterocycles. The zero-order valence-electron chi connectivity index (χ0n) is 14.8. The van der Waals surface area contributed by atoms with E-state index in [4.69, 9.17) is 0 Å². The van der Waals surface area contributed by atoms with Crippen LogP contribution in [0, 0.1) is 12.8 Å². The van der Waals surface area contributed by atoms with Crippen molar-refractivity contribution in [2.24, 2.45) is 5.92 Å². The molecule has 0 unspecified atom stereocenters. The van der Waals surface area contributed by atoms with Crippen LogP contribution in [-0.4, -0.2) is 24.3 Å². The Balaban J connectivity index is 1.70. The summed E-state index contributed by atoms with van der Waals surface area (Å²) in [5.41, 5.74) is 3.08. The Morgan fingerprint density at radius 1 is 1.04 bits per heavy atom. The first-order valence-corrected chi connectivity index (χ1v) is 8.48. The predicted molar refractivity (Wildman–Crippen MR) is 101 cm³/mol. The molecule has 0 radical (unpaired) electrons. The summed E-state index contributed by atoms with van der Waals surface area (Å²) in [5.74, 6) is -0.850. The Hall–Kier alpha value is -3.15. The number of nitrogens with one attached hydrogen (secondary N) is 2. The van der Waals surface area contributed by atoms with Crippen LogP contribution in [-0.2, 0) is 14.4 Å². The smallest absolute Gasteiger partial charge is 0.229 e. The third kappa shape index (κ3) is 4.08. The van der Waals surface area contributed by atoms with Gasteiger partial charge in [-0.2, -0.15) is 0 Å². The van der Waals surface area contributed by atoms with Gasteiger partial charge in [0.25, 0.3) is 0 Å². The molecule has 26 heavy (non-hydrogen) atoms. The van der Waals surface area contributed by atoms with Gasteiger partial charge >= 0.3 is 0 Å². The number of carbonyl (C=O) groups excluding carboxylic acids is 3. The molecule has 2 N–H and O–H groups in total. The summed E-state index contributed by atoms with van der Waals surface area (Å²) in [7, 11) is 0. The van der Waals surface area contributed by atoms with Crippen molar-refractivity contribution in [3.63, 3.8) is 0 Å². The lowest BCUT2D eigenvalue weighted by Crippen LogP contribution is -2.28. The highest BCUT2D eigenvalue weighted by atomic mass is 16.2. The summed E-state index contributed by atoms with van der Waals surface area (Å²) < 4.78 is 0. The second-order valence-electron chi connectivity index (χ2n) is 6.50. The Morgan fingerprint density at radius 2 is 1.73 bits per heavy atom. The van der Waals surface area contributed by atoms with E-state index in [-0.39, 0.29) is 24.1 Å². The van der Waals surface area contributed by atoms with E-state index in [1.54, 1.807) is 29.2 Å². The molecule has 1 atom stereocenters. The topological polar surface area (TPSA) is 78.5 Å². The SMILES string of the molecule is CC(=O)Nc1cccc(N2C[C@@H](C(=O)Nc3cccc(C)c3)CC2=O)c1. The lowest BCUT2D eigenvalue weighted by molar-refractivity contribution is -0.122. The minimum absolute atomic E-state index is 0.102. The van der Waals surface area contributed by atoms with E-state index in [0.29, 0.717) is 17.9 Å². The summed E-state index contributed by atoms with van der Waals surface area (Å²) in [4.78, 5) is 37.7. The molecule has 1 aliphatic rings. The Bertz CT molecular complexity index is 863. The van der Waals surface area contributed by atoms with E-state index in [9.17, 15) is 14.4 Å². The van der Waals surface area contributed by atoms with Gasteiger partial charge in [-0.15, -0.1) is 0 Å². The van der Waals surface area contributed by atoms with Gasteiger partial charge in [0.2, 0.25) is 17.7 Å². The second kappa shape index (κ2) is 7.39. The molecule has 1 saturated heterocycles. The van der Waals surface area contributed by atoms with E-state index in [1.807, 2.05) is 31.2 Å². The molecule has 6 nitrogen and oxygen atoms in total. The Kier molecular flexibility index (Phi) is 5.02. The zero-order chi connectivity index (χ0) is 18.7. The van der Waals surface area contributed by atoms with Crippen molar-refractivity contribution in [3.05, 3.63) is 54.1 Å². The van der Waals surface area contributed by atoms with E-state index in [0.717, 1.165) is 11.3 Å². The van der Waals surface area contributed by atoms with Crippen LogP contribution in [0.3, 0.4) is 0 Å². The molecular weight excluding hydrogens is 330 g/mol. The van der Waals surface area contributed by atoms with Gasteiger partial charge in [-0.1, -0.05) is 18.2 Å². The summed E-state index contributed by atoms with van der Waals surface area (Å²) in [6.45, 7) is 3.71. The highest BCUT2D eigenvalue weighted by Gasteiger charge is 2.35. The Labute approximate surface area is 152 Å². The van der Waals surface area contributed by atoms with Crippen LogP contribution < -0.4 is 15.5 Å². The minimum Gasteiger partial charge on any atom is -0.326 e. The lowest BCUT2D eigenvalue weighted by atomic mass is 10.1. The van der Waals surface area contributed by atoms with E-state index < -0.39 is 5.92 Å². The van der Waals surface area contributed by atoms with E-state index >= 15 is 0 Å². The van der Waals surface area contributed by atoms with E-state index in [2.05, 4.69) is 10.6 Å². The molecule has 0 saturated carbocycles. The van der Waals surface area contributed by atoms with Crippen molar-refractivity contribution >= 4 is 34.8 Å². The number of hydrogen-bond acceptors (Lipinski definition) is 3. The van der Waals surface area contributed by atoms with Gasteiger partial charge in [0, 0.05) is 37.0 Å². The summed E-state index contributed by atoms with van der Waals surface area (Å²) >= 11 is 0. The van der Waals surface area contributed by atoms with Crippen LogP contribution in [0.2, 0.25) is 0 Å². The fourth-order valence-corrected chi connectivity index (χ4v) is 3.05. The summed E-state index contributed by atoms with van der Waals surface area (Å²) in [6, 6.07) is 14.6. The molecular formula is C20H21N3O3. The monoisotopic (exact) mass is 351 g/mol. The number of carbonyl (C=O) groups is 3. The van der Waals surface area contributed by atoms with Crippen LogP contribution in [0.15, 0.2) is 48.5 Å². The van der Waals surface area contributed by atoms with Crippen molar-refractivity contribution in [2.75, 3.05) is 22.1 Å².